The van der Waals surface area contributed by atoms with Crippen LogP contribution in [0.15, 0.2) is 0 Å². The zero-order valence-electron chi connectivity index (χ0n) is 12.6. The van der Waals surface area contributed by atoms with Crippen LogP contribution in [0.4, 0.5) is 0 Å². The summed E-state index contributed by atoms with van der Waals surface area (Å²) >= 11 is 0. The largest absolute Gasteiger partial charge is 0.365 e. The Bertz CT molecular complexity index is 171. The number of hydrogen-bond donors (Lipinski definition) is 0. The predicted octanol–water partition coefficient (Wildman–Crippen LogP) is 3.51. The lowest BCUT2D eigenvalue weighted by molar-refractivity contribution is -0.623. The third-order valence-electron chi connectivity index (χ3n) is 2.72. The summed E-state index contributed by atoms with van der Waals surface area (Å²) in [5, 5.41) is 0. The van der Waals surface area contributed by atoms with Gasteiger partial charge in [0.05, 0.1) is 21.3 Å². The van der Waals surface area contributed by atoms with E-state index in [9.17, 15) is 0 Å². The van der Waals surface area contributed by atoms with Crippen molar-refractivity contribution in [3.8, 4) is 0 Å². The summed E-state index contributed by atoms with van der Waals surface area (Å²) in [6, 6.07) is 0. The van der Waals surface area contributed by atoms with Gasteiger partial charge in [-0.25, -0.2) is 14.7 Å². The van der Waals surface area contributed by atoms with Crippen LogP contribution in [0.5, 0.6) is 0 Å². The van der Waals surface area contributed by atoms with E-state index >= 15 is 0 Å². The van der Waals surface area contributed by atoms with Gasteiger partial charge < -0.3 is 0 Å². The molecule has 0 aromatic heterocycles. The van der Waals surface area contributed by atoms with Gasteiger partial charge in [-0.05, 0) is 6.42 Å². The SMILES string of the molecule is CCCCCCCCCC(OOC)(OOC)OOC. The van der Waals surface area contributed by atoms with Crippen LogP contribution in [0.25, 0.3) is 0 Å². The lowest BCUT2D eigenvalue weighted by Crippen LogP contribution is -2.38. The third-order valence-corrected chi connectivity index (χ3v) is 2.72. The van der Waals surface area contributed by atoms with Crippen molar-refractivity contribution in [1.29, 1.82) is 0 Å². The van der Waals surface area contributed by atoms with Crippen molar-refractivity contribution in [3.05, 3.63) is 0 Å². The Balaban J connectivity index is 3.89. The molecular weight excluding hydrogens is 252 g/mol. The lowest BCUT2D eigenvalue weighted by atomic mass is 10.1. The van der Waals surface area contributed by atoms with Crippen LogP contribution in [0.1, 0.15) is 58.3 Å². The van der Waals surface area contributed by atoms with Crippen molar-refractivity contribution in [3.63, 3.8) is 0 Å². The second-order valence-corrected chi connectivity index (χ2v) is 4.30. The van der Waals surface area contributed by atoms with E-state index in [2.05, 4.69) is 21.6 Å². The second-order valence-electron chi connectivity index (χ2n) is 4.30. The van der Waals surface area contributed by atoms with Crippen LogP contribution in [0.2, 0.25) is 0 Å². The molecule has 0 atom stereocenters. The fraction of sp³-hybridized carbons (Fsp3) is 1.00. The molecule has 0 aliphatic heterocycles. The lowest BCUT2D eigenvalue weighted by Gasteiger charge is -2.26. The van der Waals surface area contributed by atoms with Gasteiger partial charge in [0.25, 0.3) is 0 Å². The molecule has 0 saturated heterocycles. The Labute approximate surface area is 116 Å². The molecule has 0 fully saturated rings. The van der Waals surface area contributed by atoms with E-state index in [1.165, 1.54) is 53.4 Å². The first-order chi connectivity index (χ1) is 9.24. The van der Waals surface area contributed by atoms with E-state index < -0.39 is 5.97 Å². The number of hydrogen-bond acceptors (Lipinski definition) is 6. The predicted molar refractivity (Wildman–Crippen MR) is 69.6 cm³/mol. The van der Waals surface area contributed by atoms with E-state index in [-0.39, 0.29) is 0 Å². The van der Waals surface area contributed by atoms with Gasteiger partial charge >= 0.3 is 5.97 Å². The summed E-state index contributed by atoms with van der Waals surface area (Å²) in [7, 11) is 4.12. The molecule has 6 heteroatoms. The molecular formula is C13H28O6. The summed E-state index contributed by atoms with van der Waals surface area (Å²) in [5.74, 6) is -1.47. The van der Waals surface area contributed by atoms with Gasteiger partial charge in [-0.2, -0.15) is 14.7 Å². The molecule has 116 valence electrons. The normalized spacial score (nSPS) is 12.0. The third kappa shape index (κ3) is 9.32. The molecule has 0 saturated carbocycles. The number of unbranched alkanes of at least 4 members (excludes halogenated alkanes) is 6. The molecule has 0 spiro atoms. The molecule has 0 aliphatic carbocycles. The molecule has 0 amide bonds. The summed E-state index contributed by atoms with van der Waals surface area (Å²) < 4.78 is 0. The summed E-state index contributed by atoms with van der Waals surface area (Å²) in [4.78, 5) is 28.7. The van der Waals surface area contributed by atoms with Crippen molar-refractivity contribution >= 4 is 0 Å². The van der Waals surface area contributed by atoms with Gasteiger partial charge in [-0.1, -0.05) is 45.4 Å². The molecule has 0 heterocycles. The van der Waals surface area contributed by atoms with Crippen molar-refractivity contribution < 1.29 is 29.3 Å². The highest BCUT2D eigenvalue weighted by atomic mass is 17.4. The Hall–Kier alpha value is -0.240. The first-order valence-electron chi connectivity index (χ1n) is 6.90. The zero-order valence-corrected chi connectivity index (χ0v) is 12.6. The van der Waals surface area contributed by atoms with Crippen LogP contribution >= 0.6 is 0 Å². The average molecular weight is 280 g/mol. The maximum absolute atomic E-state index is 4.96. The van der Waals surface area contributed by atoms with E-state index in [4.69, 9.17) is 14.7 Å². The highest BCUT2D eigenvalue weighted by Gasteiger charge is 2.37. The minimum Gasteiger partial charge on any atom is -0.235 e. The second kappa shape index (κ2) is 12.8. The van der Waals surface area contributed by atoms with E-state index in [1.54, 1.807) is 0 Å². The first kappa shape index (κ1) is 18.8. The first-order valence-corrected chi connectivity index (χ1v) is 6.90. The molecule has 0 bridgehead atoms. The van der Waals surface area contributed by atoms with Crippen molar-refractivity contribution in [2.75, 3.05) is 21.3 Å². The van der Waals surface area contributed by atoms with Gasteiger partial charge in [0.2, 0.25) is 0 Å². The molecule has 0 aromatic rings. The average Bonchev–Trinajstić information content (AvgIpc) is 2.39. The smallest absolute Gasteiger partial charge is 0.235 e. The molecule has 0 N–H and O–H groups in total. The molecule has 0 unspecified atom stereocenters. The van der Waals surface area contributed by atoms with Gasteiger partial charge in [0, 0.05) is 6.42 Å². The van der Waals surface area contributed by atoms with Gasteiger partial charge in [0.15, 0.2) is 0 Å². The number of rotatable bonds is 14. The van der Waals surface area contributed by atoms with Crippen LogP contribution in [-0.4, -0.2) is 27.3 Å². The maximum Gasteiger partial charge on any atom is 0.365 e. The Kier molecular flexibility index (Phi) is 12.6. The summed E-state index contributed by atoms with van der Waals surface area (Å²) in [6.07, 6.45) is 8.67. The standard InChI is InChI=1S/C13H28O6/c1-5-6-7-8-9-10-11-12-13(17-14-2,18-15-3)19-16-4/h5-12H2,1-4H3. The highest BCUT2D eigenvalue weighted by molar-refractivity contribution is 4.54. The maximum atomic E-state index is 4.96. The highest BCUT2D eigenvalue weighted by Crippen LogP contribution is 2.24. The molecule has 6 nitrogen and oxygen atoms in total. The summed E-state index contributed by atoms with van der Waals surface area (Å²) in [6.45, 7) is 2.21. The monoisotopic (exact) mass is 280 g/mol. The Morgan fingerprint density at radius 3 is 1.47 bits per heavy atom. The fourth-order valence-electron chi connectivity index (χ4n) is 1.85. The quantitative estimate of drug-likeness (QED) is 0.210. The van der Waals surface area contributed by atoms with E-state index in [0.717, 1.165) is 12.8 Å². The van der Waals surface area contributed by atoms with E-state index in [0.29, 0.717) is 6.42 Å². The van der Waals surface area contributed by atoms with Crippen molar-refractivity contribution in [2.45, 2.75) is 64.3 Å². The van der Waals surface area contributed by atoms with Crippen molar-refractivity contribution in [1.82, 2.24) is 0 Å². The minimum atomic E-state index is -1.47. The van der Waals surface area contributed by atoms with Crippen LogP contribution < -0.4 is 0 Å². The van der Waals surface area contributed by atoms with Gasteiger partial charge in [-0.3, -0.25) is 0 Å². The fourth-order valence-corrected chi connectivity index (χ4v) is 1.85. The van der Waals surface area contributed by atoms with Crippen LogP contribution in [0, 0.1) is 0 Å². The van der Waals surface area contributed by atoms with Crippen LogP contribution in [0.3, 0.4) is 0 Å². The Morgan fingerprint density at radius 1 is 0.632 bits per heavy atom. The van der Waals surface area contributed by atoms with Gasteiger partial charge in [-0.15, -0.1) is 0 Å². The molecule has 0 aliphatic rings. The minimum absolute atomic E-state index is 0.455. The molecule has 0 rings (SSSR count). The Morgan fingerprint density at radius 2 is 1.05 bits per heavy atom. The zero-order chi connectivity index (χ0) is 14.4. The van der Waals surface area contributed by atoms with Crippen LogP contribution in [-0.2, 0) is 29.3 Å². The molecule has 0 radical (unpaired) electrons. The van der Waals surface area contributed by atoms with E-state index in [1.807, 2.05) is 0 Å². The van der Waals surface area contributed by atoms with Crippen molar-refractivity contribution in [2.24, 2.45) is 0 Å². The summed E-state index contributed by atoms with van der Waals surface area (Å²) in [5.41, 5.74) is 0. The topological polar surface area (TPSA) is 55.4 Å². The molecule has 19 heavy (non-hydrogen) atoms. The molecule has 0 aromatic carbocycles. The van der Waals surface area contributed by atoms with Gasteiger partial charge in [0.1, 0.15) is 0 Å².